The first kappa shape index (κ1) is 25.4. The van der Waals surface area contributed by atoms with Crippen LogP contribution in [0.3, 0.4) is 0 Å². The smallest absolute Gasteiger partial charge is 0.302 e. The quantitative estimate of drug-likeness (QED) is 0.532. The molecule has 3 rings (SSSR count). The maximum Gasteiger partial charge on any atom is 0.302 e. The molecule has 33 heavy (non-hydrogen) atoms. The van der Waals surface area contributed by atoms with Crippen LogP contribution in [0.5, 0.6) is 0 Å². The Hall–Kier alpha value is -2.21. The number of carbonyl (C=O) groups is 1. The van der Waals surface area contributed by atoms with Gasteiger partial charge in [-0.05, 0) is 36.8 Å². The Morgan fingerprint density at radius 2 is 1.39 bits per heavy atom. The first-order valence-corrected chi connectivity index (χ1v) is 12.0. The monoisotopic (exact) mass is 454 g/mol. The molecule has 0 bridgehead atoms. The van der Waals surface area contributed by atoms with E-state index in [1.165, 1.54) is 18.1 Å². The molecule has 180 valence electrons. The first-order chi connectivity index (χ1) is 16.0. The minimum atomic E-state index is -0.442. The summed E-state index contributed by atoms with van der Waals surface area (Å²) < 4.78 is 18.5. The van der Waals surface area contributed by atoms with E-state index in [9.17, 15) is 9.90 Å². The van der Waals surface area contributed by atoms with Gasteiger partial charge in [-0.15, -0.1) is 0 Å². The van der Waals surface area contributed by atoms with Crippen LogP contribution in [0, 0.1) is 10.8 Å². The summed E-state index contributed by atoms with van der Waals surface area (Å²) in [5.74, 6) is -0.338. The summed E-state index contributed by atoms with van der Waals surface area (Å²) in [5.41, 5.74) is 1.49. The summed E-state index contributed by atoms with van der Waals surface area (Å²) in [6.07, 6.45) is 1.96. The van der Waals surface area contributed by atoms with Crippen LogP contribution in [0.25, 0.3) is 0 Å². The molecule has 5 nitrogen and oxygen atoms in total. The minimum absolute atomic E-state index is 0.123. The topological polar surface area (TPSA) is 65.0 Å². The largest absolute Gasteiger partial charge is 0.463 e. The van der Waals surface area contributed by atoms with E-state index in [0.29, 0.717) is 0 Å². The van der Waals surface area contributed by atoms with Crippen molar-refractivity contribution in [3.63, 3.8) is 0 Å². The van der Waals surface area contributed by atoms with E-state index >= 15 is 0 Å². The Labute approximate surface area is 198 Å². The standard InChI is InChI=1S/C28H38O5/c1-5-27(17-22-13-9-7-10-14-22)24(19-29)33-25(20-32-21(3)30)28(6-2,26(27)31-4)18-23-15-11-8-12-16-23/h7-16,24-26,29H,5-6,17-20H2,1-4H3/t24-,25+,26-,27-,28+/m0/s1. The van der Waals surface area contributed by atoms with Crippen LogP contribution in [0.15, 0.2) is 60.7 Å². The van der Waals surface area contributed by atoms with Gasteiger partial charge in [0, 0.05) is 24.9 Å². The third-order valence-corrected chi connectivity index (χ3v) is 7.56. The maximum atomic E-state index is 11.7. The highest BCUT2D eigenvalue weighted by molar-refractivity contribution is 5.65. The number of rotatable bonds is 10. The Morgan fingerprint density at radius 1 is 0.909 bits per heavy atom. The fourth-order valence-electron chi connectivity index (χ4n) is 5.91. The molecular weight excluding hydrogens is 416 g/mol. The molecule has 0 unspecified atom stereocenters. The van der Waals surface area contributed by atoms with Crippen molar-refractivity contribution in [2.45, 2.75) is 64.8 Å². The number of hydrogen-bond acceptors (Lipinski definition) is 5. The molecule has 0 spiro atoms. The Bertz CT molecular complexity index is 870. The lowest BCUT2D eigenvalue weighted by molar-refractivity contribution is -0.282. The van der Waals surface area contributed by atoms with Crippen molar-refractivity contribution < 1.29 is 24.1 Å². The van der Waals surface area contributed by atoms with Gasteiger partial charge in [0.05, 0.1) is 18.8 Å². The second-order valence-electron chi connectivity index (χ2n) is 9.21. The van der Waals surface area contributed by atoms with Gasteiger partial charge in [0.2, 0.25) is 0 Å². The Morgan fingerprint density at radius 3 is 1.79 bits per heavy atom. The number of esters is 1. The lowest BCUT2D eigenvalue weighted by Crippen LogP contribution is -2.68. The van der Waals surface area contributed by atoms with E-state index in [1.54, 1.807) is 7.11 Å². The number of carbonyl (C=O) groups excluding carboxylic acids is 1. The molecule has 0 amide bonds. The molecule has 2 aromatic carbocycles. The van der Waals surface area contributed by atoms with Crippen LogP contribution in [-0.4, -0.2) is 49.7 Å². The van der Waals surface area contributed by atoms with Crippen molar-refractivity contribution in [2.75, 3.05) is 20.3 Å². The van der Waals surface area contributed by atoms with Gasteiger partial charge in [-0.3, -0.25) is 4.79 Å². The number of benzene rings is 2. The third-order valence-electron chi connectivity index (χ3n) is 7.56. The SMILES string of the molecule is CC[C@@]1(Cc2ccccc2)[C@H](OC)[C@](CC)(Cc2ccccc2)[C@@H](COC(C)=O)O[C@H]1CO. The van der Waals surface area contributed by atoms with Crippen LogP contribution in [0.1, 0.15) is 44.7 Å². The highest BCUT2D eigenvalue weighted by Gasteiger charge is 2.62. The van der Waals surface area contributed by atoms with Crippen LogP contribution < -0.4 is 0 Å². The van der Waals surface area contributed by atoms with Crippen molar-refractivity contribution in [3.8, 4) is 0 Å². The summed E-state index contributed by atoms with van der Waals surface area (Å²) in [5, 5.41) is 10.5. The highest BCUT2D eigenvalue weighted by Crippen LogP contribution is 2.55. The molecule has 1 heterocycles. The second kappa shape index (κ2) is 11.3. The minimum Gasteiger partial charge on any atom is -0.463 e. The second-order valence-corrected chi connectivity index (χ2v) is 9.21. The van der Waals surface area contributed by atoms with E-state index in [1.807, 2.05) is 36.4 Å². The zero-order chi connectivity index (χ0) is 23.9. The molecule has 0 radical (unpaired) electrons. The molecule has 1 aliphatic heterocycles. The van der Waals surface area contributed by atoms with Gasteiger partial charge in [0.1, 0.15) is 12.7 Å². The number of methoxy groups -OCH3 is 1. The van der Waals surface area contributed by atoms with Crippen LogP contribution >= 0.6 is 0 Å². The van der Waals surface area contributed by atoms with Gasteiger partial charge >= 0.3 is 5.97 Å². The van der Waals surface area contributed by atoms with Crippen molar-refractivity contribution in [1.29, 1.82) is 0 Å². The molecule has 2 aromatic rings. The van der Waals surface area contributed by atoms with Crippen LogP contribution in [0.4, 0.5) is 0 Å². The van der Waals surface area contributed by atoms with Crippen molar-refractivity contribution >= 4 is 5.97 Å². The molecule has 1 N–H and O–H groups in total. The summed E-state index contributed by atoms with van der Waals surface area (Å²) in [7, 11) is 1.76. The van der Waals surface area contributed by atoms with E-state index in [0.717, 1.165) is 25.7 Å². The lowest BCUT2D eigenvalue weighted by atomic mass is 9.55. The summed E-state index contributed by atoms with van der Waals surface area (Å²) in [6, 6.07) is 20.7. The predicted octanol–water partition coefficient (Wildman–Crippen LogP) is 4.60. The van der Waals surface area contributed by atoms with Gasteiger partial charge in [-0.2, -0.15) is 0 Å². The zero-order valence-electron chi connectivity index (χ0n) is 20.3. The van der Waals surface area contributed by atoms with Gasteiger partial charge < -0.3 is 19.3 Å². The Balaban J connectivity index is 2.13. The summed E-state index contributed by atoms with van der Waals surface area (Å²) in [4.78, 5) is 11.7. The van der Waals surface area contributed by atoms with Crippen molar-refractivity contribution in [2.24, 2.45) is 10.8 Å². The molecular formula is C28H38O5. The number of aliphatic hydroxyl groups excluding tert-OH is 1. The van der Waals surface area contributed by atoms with E-state index in [2.05, 4.69) is 38.1 Å². The lowest BCUT2D eigenvalue weighted by Gasteiger charge is -2.60. The molecule has 1 aliphatic rings. The molecule has 5 atom stereocenters. The number of ether oxygens (including phenoxy) is 3. The maximum absolute atomic E-state index is 11.7. The van der Waals surface area contributed by atoms with E-state index in [-0.39, 0.29) is 25.3 Å². The average molecular weight is 455 g/mol. The first-order valence-electron chi connectivity index (χ1n) is 12.0. The average Bonchev–Trinajstić information content (AvgIpc) is 2.84. The summed E-state index contributed by atoms with van der Waals surface area (Å²) in [6.45, 7) is 5.73. The fraction of sp³-hybridized carbons (Fsp3) is 0.536. The fourth-order valence-corrected chi connectivity index (χ4v) is 5.91. The zero-order valence-corrected chi connectivity index (χ0v) is 20.3. The predicted molar refractivity (Wildman–Crippen MR) is 129 cm³/mol. The van der Waals surface area contributed by atoms with Crippen molar-refractivity contribution in [1.82, 2.24) is 0 Å². The van der Waals surface area contributed by atoms with Crippen LogP contribution in [0.2, 0.25) is 0 Å². The summed E-state index contributed by atoms with van der Waals surface area (Å²) >= 11 is 0. The van der Waals surface area contributed by atoms with Crippen molar-refractivity contribution in [3.05, 3.63) is 71.8 Å². The van der Waals surface area contributed by atoms with E-state index in [4.69, 9.17) is 14.2 Å². The molecule has 0 aliphatic carbocycles. The number of hydrogen-bond donors (Lipinski definition) is 1. The molecule has 5 heteroatoms. The molecule has 0 aromatic heterocycles. The molecule has 1 saturated heterocycles. The molecule has 0 saturated carbocycles. The number of aliphatic hydroxyl groups is 1. The highest BCUT2D eigenvalue weighted by atomic mass is 16.6. The third kappa shape index (κ3) is 5.16. The van der Waals surface area contributed by atoms with Crippen LogP contribution in [-0.2, 0) is 31.8 Å². The molecule has 1 fully saturated rings. The van der Waals surface area contributed by atoms with Gasteiger partial charge in [-0.1, -0.05) is 74.5 Å². The van der Waals surface area contributed by atoms with Gasteiger partial charge in [0.15, 0.2) is 0 Å². The Kier molecular flexibility index (Phi) is 8.69. The van der Waals surface area contributed by atoms with Gasteiger partial charge in [-0.25, -0.2) is 0 Å². The van der Waals surface area contributed by atoms with E-state index < -0.39 is 23.0 Å². The normalized spacial score (nSPS) is 29.5. The van der Waals surface area contributed by atoms with Gasteiger partial charge in [0.25, 0.3) is 0 Å².